The van der Waals surface area contributed by atoms with Crippen LogP contribution in [0.4, 0.5) is 0 Å². The summed E-state index contributed by atoms with van der Waals surface area (Å²) in [6, 6.07) is 1.58. The molecule has 2 nitrogen and oxygen atoms in total. The zero-order valence-corrected chi connectivity index (χ0v) is 10.7. The Bertz CT molecular complexity index is 179. The molecule has 0 heterocycles. The van der Waals surface area contributed by atoms with Crippen LogP contribution < -0.4 is 5.32 Å². The SMILES string of the molecule is CO[C@H]1CC[C@H](NC2CCCCCC2)CC1. The molecule has 1 N–H and O–H groups in total. The van der Waals surface area contributed by atoms with E-state index in [1.807, 2.05) is 7.11 Å². The first-order valence-corrected chi connectivity index (χ1v) is 7.17. The fourth-order valence-electron chi connectivity index (χ4n) is 3.24. The Morgan fingerprint density at radius 2 is 1.31 bits per heavy atom. The third kappa shape index (κ3) is 3.74. The Morgan fingerprint density at radius 3 is 1.88 bits per heavy atom. The first-order chi connectivity index (χ1) is 7.88. The van der Waals surface area contributed by atoms with E-state index in [1.54, 1.807) is 0 Å². The van der Waals surface area contributed by atoms with Crippen LogP contribution >= 0.6 is 0 Å². The van der Waals surface area contributed by atoms with Gasteiger partial charge in [0.15, 0.2) is 0 Å². The van der Waals surface area contributed by atoms with Crippen molar-refractivity contribution in [3.05, 3.63) is 0 Å². The van der Waals surface area contributed by atoms with Gasteiger partial charge in [0.2, 0.25) is 0 Å². The molecule has 2 rings (SSSR count). The van der Waals surface area contributed by atoms with Crippen molar-refractivity contribution in [2.45, 2.75) is 82.4 Å². The highest BCUT2D eigenvalue weighted by Gasteiger charge is 2.23. The molecule has 0 aromatic carbocycles. The molecule has 0 aromatic heterocycles. The maximum absolute atomic E-state index is 5.42. The molecule has 0 saturated heterocycles. The Labute approximate surface area is 100 Å². The molecular formula is C14H27NO. The average molecular weight is 225 g/mol. The van der Waals surface area contributed by atoms with E-state index in [2.05, 4.69) is 5.32 Å². The fourth-order valence-corrected chi connectivity index (χ4v) is 3.24. The summed E-state index contributed by atoms with van der Waals surface area (Å²) in [5.41, 5.74) is 0. The first-order valence-electron chi connectivity index (χ1n) is 7.17. The Hall–Kier alpha value is -0.0800. The summed E-state index contributed by atoms with van der Waals surface area (Å²) in [5.74, 6) is 0. The summed E-state index contributed by atoms with van der Waals surface area (Å²) in [7, 11) is 1.85. The quantitative estimate of drug-likeness (QED) is 0.744. The molecule has 0 spiro atoms. The lowest BCUT2D eigenvalue weighted by Crippen LogP contribution is -2.41. The summed E-state index contributed by atoms with van der Waals surface area (Å²) in [6.45, 7) is 0. The molecule has 0 aliphatic heterocycles. The third-order valence-electron chi connectivity index (χ3n) is 4.33. The average Bonchev–Trinajstić information content (AvgIpc) is 2.59. The molecule has 16 heavy (non-hydrogen) atoms. The van der Waals surface area contributed by atoms with Gasteiger partial charge in [0, 0.05) is 19.2 Å². The predicted molar refractivity (Wildman–Crippen MR) is 67.7 cm³/mol. The molecule has 94 valence electrons. The van der Waals surface area contributed by atoms with Crippen LogP contribution in [0.1, 0.15) is 64.2 Å². The van der Waals surface area contributed by atoms with E-state index in [1.165, 1.54) is 64.2 Å². The van der Waals surface area contributed by atoms with Crippen molar-refractivity contribution >= 4 is 0 Å². The molecular weight excluding hydrogens is 198 g/mol. The minimum Gasteiger partial charge on any atom is -0.381 e. The second-order valence-electron chi connectivity index (χ2n) is 5.56. The van der Waals surface area contributed by atoms with Crippen LogP contribution in [0, 0.1) is 0 Å². The van der Waals surface area contributed by atoms with Crippen molar-refractivity contribution in [1.82, 2.24) is 5.32 Å². The van der Waals surface area contributed by atoms with Crippen molar-refractivity contribution in [2.75, 3.05) is 7.11 Å². The maximum atomic E-state index is 5.42. The second kappa shape index (κ2) is 6.61. The van der Waals surface area contributed by atoms with Gasteiger partial charge in [-0.1, -0.05) is 25.7 Å². The standard InChI is InChI=1S/C14H27NO/c1-16-14-10-8-13(9-11-14)15-12-6-4-2-3-5-7-12/h12-15H,2-11H2,1H3/t13-,14-. The largest absolute Gasteiger partial charge is 0.381 e. The Balaban J connectivity index is 1.69. The monoisotopic (exact) mass is 225 g/mol. The van der Waals surface area contributed by atoms with E-state index >= 15 is 0 Å². The first kappa shape index (κ1) is 12.4. The van der Waals surface area contributed by atoms with Crippen LogP contribution in [0.15, 0.2) is 0 Å². The molecule has 0 amide bonds. The minimum atomic E-state index is 0.534. The van der Waals surface area contributed by atoms with Crippen LogP contribution in [0.5, 0.6) is 0 Å². The topological polar surface area (TPSA) is 21.3 Å². The van der Waals surface area contributed by atoms with E-state index in [4.69, 9.17) is 4.74 Å². The lowest BCUT2D eigenvalue weighted by atomic mass is 9.92. The second-order valence-corrected chi connectivity index (χ2v) is 5.56. The zero-order chi connectivity index (χ0) is 11.2. The molecule has 0 radical (unpaired) electrons. The smallest absolute Gasteiger partial charge is 0.0572 e. The van der Waals surface area contributed by atoms with Crippen LogP contribution in [0.2, 0.25) is 0 Å². The van der Waals surface area contributed by atoms with Crippen molar-refractivity contribution in [3.63, 3.8) is 0 Å². The van der Waals surface area contributed by atoms with Gasteiger partial charge in [-0.05, 0) is 38.5 Å². The molecule has 2 aliphatic carbocycles. The van der Waals surface area contributed by atoms with Crippen molar-refractivity contribution in [3.8, 4) is 0 Å². The van der Waals surface area contributed by atoms with Gasteiger partial charge in [0.25, 0.3) is 0 Å². The van der Waals surface area contributed by atoms with Gasteiger partial charge in [0.05, 0.1) is 6.10 Å². The Morgan fingerprint density at radius 1 is 0.750 bits per heavy atom. The van der Waals surface area contributed by atoms with Crippen LogP contribution in [-0.2, 0) is 4.74 Å². The number of methoxy groups -OCH3 is 1. The van der Waals surface area contributed by atoms with Gasteiger partial charge in [-0.2, -0.15) is 0 Å². The predicted octanol–water partition coefficient (Wildman–Crippen LogP) is 3.26. The fraction of sp³-hybridized carbons (Fsp3) is 1.00. The van der Waals surface area contributed by atoms with Gasteiger partial charge in [-0.15, -0.1) is 0 Å². The van der Waals surface area contributed by atoms with E-state index in [9.17, 15) is 0 Å². The lowest BCUT2D eigenvalue weighted by molar-refractivity contribution is 0.0608. The van der Waals surface area contributed by atoms with Gasteiger partial charge < -0.3 is 10.1 Å². The van der Waals surface area contributed by atoms with Crippen molar-refractivity contribution in [1.29, 1.82) is 0 Å². The van der Waals surface area contributed by atoms with Gasteiger partial charge in [-0.25, -0.2) is 0 Å². The van der Waals surface area contributed by atoms with Gasteiger partial charge in [0.1, 0.15) is 0 Å². The van der Waals surface area contributed by atoms with E-state index in [0.29, 0.717) is 6.10 Å². The Kier molecular flexibility index (Phi) is 5.11. The highest BCUT2D eigenvalue weighted by atomic mass is 16.5. The molecule has 0 unspecified atom stereocenters. The molecule has 2 saturated carbocycles. The molecule has 2 fully saturated rings. The van der Waals surface area contributed by atoms with Crippen LogP contribution in [0.3, 0.4) is 0 Å². The number of ether oxygens (including phenoxy) is 1. The summed E-state index contributed by atoms with van der Waals surface area (Å²) in [4.78, 5) is 0. The highest BCUT2D eigenvalue weighted by Crippen LogP contribution is 2.23. The molecule has 0 bridgehead atoms. The zero-order valence-electron chi connectivity index (χ0n) is 10.7. The summed E-state index contributed by atoms with van der Waals surface area (Å²) in [6.07, 6.45) is 14.3. The molecule has 2 aliphatic rings. The number of rotatable bonds is 3. The van der Waals surface area contributed by atoms with Crippen LogP contribution in [0.25, 0.3) is 0 Å². The molecule has 0 atom stereocenters. The molecule has 0 aromatic rings. The minimum absolute atomic E-state index is 0.534. The third-order valence-corrected chi connectivity index (χ3v) is 4.33. The van der Waals surface area contributed by atoms with E-state index in [0.717, 1.165) is 12.1 Å². The number of hydrogen-bond donors (Lipinski definition) is 1. The maximum Gasteiger partial charge on any atom is 0.0572 e. The van der Waals surface area contributed by atoms with Crippen molar-refractivity contribution < 1.29 is 4.74 Å². The van der Waals surface area contributed by atoms with Crippen molar-refractivity contribution in [2.24, 2.45) is 0 Å². The van der Waals surface area contributed by atoms with E-state index < -0.39 is 0 Å². The van der Waals surface area contributed by atoms with Crippen LogP contribution in [-0.4, -0.2) is 25.3 Å². The lowest BCUT2D eigenvalue weighted by Gasteiger charge is -2.31. The van der Waals surface area contributed by atoms with E-state index in [-0.39, 0.29) is 0 Å². The molecule has 2 heteroatoms. The summed E-state index contributed by atoms with van der Waals surface area (Å²) < 4.78 is 5.42. The van der Waals surface area contributed by atoms with Gasteiger partial charge in [-0.3, -0.25) is 0 Å². The van der Waals surface area contributed by atoms with Gasteiger partial charge >= 0.3 is 0 Å². The summed E-state index contributed by atoms with van der Waals surface area (Å²) >= 11 is 0. The summed E-state index contributed by atoms with van der Waals surface area (Å²) in [5, 5.41) is 3.89. The number of hydrogen-bond acceptors (Lipinski definition) is 2. The highest BCUT2D eigenvalue weighted by molar-refractivity contribution is 4.81. The number of nitrogens with one attached hydrogen (secondary N) is 1. The normalized spacial score (nSPS) is 33.6.